The number of hydrogen-bond donors (Lipinski definition) is 4. The summed E-state index contributed by atoms with van der Waals surface area (Å²) in [7, 11) is 0. The van der Waals surface area contributed by atoms with Crippen LogP contribution in [0.3, 0.4) is 0 Å². The summed E-state index contributed by atoms with van der Waals surface area (Å²) in [6.07, 6.45) is 7.98. The van der Waals surface area contributed by atoms with Crippen LogP contribution in [0.15, 0.2) is 48.5 Å². The zero-order valence-electron chi connectivity index (χ0n) is 20.8. The Kier molecular flexibility index (Phi) is 8.82. The lowest BCUT2D eigenvalue weighted by atomic mass is 9.72. The Morgan fingerprint density at radius 3 is 2.60 bits per heavy atom. The fraction of sp³-hybridized carbons (Fsp3) is 0.552. The van der Waals surface area contributed by atoms with Crippen molar-refractivity contribution < 1.29 is 19.7 Å². The number of nitrogens with one attached hydrogen (secondary N) is 2. The molecule has 1 heterocycles. The fourth-order valence-corrected chi connectivity index (χ4v) is 5.37. The molecular weight excluding hydrogens is 440 g/mol. The number of aliphatic hydroxyl groups is 2. The third-order valence-corrected chi connectivity index (χ3v) is 7.47. The largest absolute Gasteiger partial charge is 0.487 e. The van der Waals surface area contributed by atoms with E-state index in [0.29, 0.717) is 13.0 Å². The van der Waals surface area contributed by atoms with Gasteiger partial charge < -0.3 is 25.6 Å². The van der Waals surface area contributed by atoms with Crippen molar-refractivity contribution in [1.82, 2.24) is 10.6 Å². The molecule has 2 aromatic carbocycles. The highest BCUT2D eigenvalue weighted by atomic mass is 16.5. The standard InChI is InChI=1S/C29H40N2O4/c1-21(33)31-25(18-22-9-4-2-5-10-22)27(34)20-30-26-19-29(14-8-15-29)35-28-13-12-23(17-24(26)28)11-6-3-7-16-32/h2,4-5,9-10,12-13,17,25-27,30,32,34H,3,6-8,11,14-16,18-20H2,1H3,(H,31,33)/t25-,26-,27-/m0/s1. The van der Waals surface area contributed by atoms with Crippen molar-refractivity contribution in [2.45, 2.75) is 88.5 Å². The van der Waals surface area contributed by atoms with Gasteiger partial charge in [-0.05, 0) is 62.1 Å². The first-order valence-corrected chi connectivity index (χ1v) is 13.1. The van der Waals surface area contributed by atoms with E-state index in [1.165, 1.54) is 18.9 Å². The second kappa shape index (κ2) is 12.0. The van der Waals surface area contributed by atoms with Gasteiger partial charge in [-0.1, -0.05) is 48.9 Å². The van der Waals surface area contributed by atoms with E-state index in [2.05, 4.69) is 28.8 Å². The molecule has 0 radical (unpaired) electrons. The van der Waals surface area contributed by atoms with Crippen LogP contribution in [-0.2, 0) is 17.6 Å². The number of carbonyl (C=O) groups is 1. The fourth-order valence-electron chi connectivity index (χ4n) is 5.37. The molecule has 0 aromatic heterocycles. The summed E-state index contributed by atoms with van der Waals surface area (Å²) in [5, 5.41) is 26.7. The van der Waals surface area contributed by atoms with Gasteiger partial charge in [0.2, 0.25) is 5.91 Å². The average molecular weight is 481 g/mol. The smallest absolute Gasteiger partial charge is 0.217 e. The highest BCUT2D eigenvalue weighted by Crippen LogP contribution is 2.49. The molecule has 0 bridgehead atoms. The van der Waals surface area contributed by atoms with Crippen LogP contribution in [-0.4, -0.2) is 47.0 Å². The quantitative estimate of drug-likeness (QED) is 0.347. The number of unbranched alkanes of at least 4 members (excludes halogenated alkanes) is 2. The van der Waals surface area contributed by atoms with E-state index in [1.54, 1.807) is 0 Å². The number of aliphatic hydroxyl groups excluding tert-OH is 2. The molecule has 190 valence electrons. The summed E-state index contributed by atoms with van der Waals surface area (Å²) < 4.78 is 6.48. The molecule has 0 unspecified atom stereocenters. The van der Waals surface area contributed by atoms with E-state index in [-0.39, 0.29) is 30.2 Å². The Bertz CT molecular complexity index is 960. The molecule has 1 aliphatic heterocycles. The Morgan fingerprint density at radius 1 is 1.11 bits per heavy atom. The van der Waals surface area contributed by atoms with E-state index in [1.807, 2.05) is 30.3 Å². The summed E-state index contributed by atoms with van der Waals surface area (Å²) in [5.74, 6) is 0.811. The van der Waals surface area contributed by atoms with Crippen LogP contribution in [0.25, 0.3) is 0 Å². The van der Waals surface area contributed by atoms with Crippen molar-refractivity contribution in [3.63, 3.8) is 0 Å². The first-order valence-electron chi connectivity index (χ1n) is 13.1. The third kappa shape index (κ3) is 6.84. The van der Waals surface area contributed by atoms with Crippen molar-refractivity contribution >= 4 is 5.91 Å². The molecule has 1 spiro atoms. The molecule has 1 saturated carbocycles. The molecule has 2 aliphatic rings. The lowest BCUT2D eigenvalue weighted by Gasteiger charge is -2.48. The lowest BCUT2D eigenvalue weighted by molar-refractivity contribution is -0.120. The predicted molar refractivity (Wildman–Crippen MR) is 137 cm³/mol. The van der Waals surface area contributed by atoms with Gasteiger partial charge in [0.15, 0.2) is 0 Å². The van der Waals surface area contributed by atoms with Gasteiger partial charge in [-0.25, -0.2) is 0 Å². The van der Waals surface area contributed by atoms with Crippen molar-refractivity contribution in [1.29, 1.82) is 0 Å². The maximum Gasteiger partial charge on any atom is 0.217 e. The maximum absolute atomic E-state index is 11.8. The number of amides is 1. The minimum absolute atomic E-state index is 0.0979. The Balaban J connectivity index is 1.45. The maximum atomic E-state index is 11.8. The van der Waals surface area contributed by atoms with E-state index in [9.17, 15) is 9.90 Å². The third-order valence-electron chi connectivity index (χ3n) is 7.47. The van der Waals surface area contributed by atoms with Crippen molar-refractivity contribution in [2.24, 2.45) is 0 Å². The van der Waals surface area contributed by atoms with E-state index >= 15 is 0 Å². The number of aryl methyl sites for hydroxylation is 1. The van der Waals surface area contributed by atoms with Gasteiger partial charge in [0, 0.05) is 38.1 Å². The molecule has 1 fully saturated rings. The van der Waals surface area contributed by atoms with Crippen LogP contribution >= 0.6 is 0 Å². The second-order valence-corrected chi connectivity index (χ2v) is 10.3. The highest BCUT2D eigenvalue weighted by Gasteiger charge is 2.45. The number of fused-ring (bicyclic) bond motifs is 1. The van der Waals surface area contributed by atoms with Gasteiger partial charge in [0.25, 0.3) is 0 Å². The van der Waals surface area contributed by atoms with E-state index in [4.69, 9.17) is 9.84 Å². The van der Waals surface area contributed by atoms with Gasteiger partial charge in [-0.3, -0.25) is 4.79 Å². The average Bonchev–Trinajstić information content (AvgIpc) is 2.84. The van der Waals surface area contributed by atoms with Gasteiger partial charge in [-0.2, -0.15) is 0 Å². The molecule has 3 atom stereocenters. The van der Waals surface area contributed by atoms with Crippen LogP contribution in [0.5, 0.6) is 5.75 Å². The van der Waals surface area contributed by atoms with Crippen molar-refractivity contribution in [3.8, 4) is 5.75 Å². The highest BCUT2D eigenvalue weighted by molar-refractivity contribution is 5.73. The normalized spacial score (nSPS) is 19.8. The lowest BCUT2D eigenvalue weighted by Crippen LogP contribution is -2.52. The summed E-state index contributed by atoms with van der Waals surface area (Å²) in [4.78, 5) is 11.8. The van der Waals surface area contributed by atoms with E-state index < -0.39 is 6.10 Å². The van der Waals surface area contributed by atoms with Crippen LogP contribution in [0.2, 0.25) is 0 Å². The van der Waals surface area contributed by atoms with Crippen LogP contribution in [0.1, 0.15) is 74.6 Å². The number of carbonyl (C=O) groups excluding carboxylic acids is 1. The minimum atomic E-state index is -0.718. The van der Waals surface area contributed by atoms with Gasteiger partial charge in [-0.15, -0.1) is 0 Å². The van der Waals surface area contributed by atoms with Crippen LogP contribution in [0, 0.1) is 0 Å². The molecule has 4 N–H and O–H groups in total. The number of ether oxygens (including phenoxy) is 1. The molecule has 6 heteroatoms. The summed E-state index contributed by atoms with van der Waals surface area (Å²) in [6, 6.07) is 16.2. The monoisotopic (exact) mass is 480 g/mol. The molecular formula is C29H40N2O4. The van der Waals surface area contributed by atoms with Crippen molar-refractivity contribution in [3.05, 3.63) is 65.2 Å². The molecule has 6 nitrogen and oxygen atoms in total. The molecule has 4 rings (SSSR count). The zero-order chi connectivity index (χ0) is 24.7. The molecule has 35 heavy (non-hydrogen) atoms. The van der Waals surface area contributed by atoms with E-state index in [0.717, 1.165) is 61.8 Å². The first-order chi connectivity index (χ1) is 17.0. The molecule has 0 saturated heterocycles. The topological polar surface area (TPSA) is 90.8 Å². The predicted octanol–water partition coefficient (Wildman–Crippen LogP) is 3.84. The Hall–Kier alpha value is -2.41. The molecule has 2 aromatic rings. The molecule has 1 amide bonds. The second-order valence-electron chi connectivity index (χ2n) is 10.3. The van der Waals surface area contributed by atoms with Crippen LogP contribution < -0.4 is 15.4 Å². The number of hydrogen-bond acceptors (Lipinski definition) is 5. The minimum Gasteiger partial charge on any atom is -0.487 e. The molecule has 1 aliphatic carbocycles. The van der Waals surface area contributed by atoms with Gasteiger partial charge >= 0.3 is 0 Å². The Morgan fingerprint density at radius 2 is 1.91 bits per heavy atom. The summed E-state index contributed by atoms with van der Waals surface area (Å²) in [5.41, 5.74) is 3.43. The summed E-state index contributed by atoms with van der Waals surface area (Å²) in [6.45, 7) is 2.13. The zero-order valence-corrected chi connectivity index (χ0v) is 20.8. The SMILES string of the molecule is CC(=O)N[C@@H](Cc1ccccc1)[C@@H](O)CN[C@H]1CC2(CCC2)Oc2ccc(CCCCCO)cc21. The van der Waals surface area contributed by atoms with Gasteiger partial charge in [0.1, 0.15) is 11.4 Å². The summed E-state index contributed by atoms with van der Waals surface area (Å²) >= 11 is 0. The number of rotatable bonds is 12. The first kappa shape index (κ1) is 25.7. The Labute approximate surface area is 209 Å². The van der Waals surface area contributed by atoms with Crippen LogP contribution in [0.4, 0.5) is 0 Å². The van der Waals surface area contributed by atoms with Crippen molar-refractivity contribution in [2.75, 3.05) is 13.2 Å². The van der Waals surface area contributed by atoms with Gasteiger partial charge in [0.05, 0.1) is 12.1 Å². The number of benzene rings is 2.